The molecular formula is C18H15Cl2N3OS. The molecular weight excluding hydrogens is 377 g/mol. The normalized spacial score (nSPS) is 10.7. The summed E-state index contributed by atoms with van der Waals surface area (Å²) in [4.78, 5) is 21.5. The lowest BCUT2D eigenvalue weighted by molar-refractivity contribution is 0.0957. The molecule has 0 aliphatic rings. The van der Waals surface area contributed by atoms with Crippen molar-refractivity contribution in [3.05, 3.63) is 68.9 Å². The molecule has 7 heteroatoms. The van der Waals surface area contributed by atoms with Crippen LogP contribution in [0.2, 0.25) is 10.0 Å². The van der Waals surface area contributed by atoms with Crippen molar-refractivity contribution in [3.8, 4) is 10.6 Å². The van der Waals surface area contributed by atoms with Crippen LogP contribution >= 0.6 is 34.5 Å². The number of nitrogens with one attached hydrogen (secondary N) is 1. The minimum atomic E-state index is -0.140. The average Bonchev–Trinajstić information content (AvgIpc) is 2.97. The van der Waals surface area contributed by atoms with Gasteiger partial charge in [-0.1, -0.05) is 29.3 Å². The number of carbonyl (C=O) groups excluding carboxylic acids is 1. The lowest BCUT2D eigenvalue weighted by Gasteiger charge is -2.04. The maximum atomic E-state index is 12.5. The van der Waals surface area contributed by atoms with Gasteiger partial charge in [-0.3, -0.25) is 9.78 Å². The highest BCUT2D eigenvalue weighted by Gasteiger charge is 2.19. The van der Waals surface area contributed by atoms with E-state index >= 15 is 0 Å². The molecule has 0 atom stereocenters. The van der Waals surface area contributed by atoms with Crippen LogP contribution < -0.4 is 5.32 Å². The second-order valence-electron chi connectivity index (χ2n) is 5.39. The fourth-order valence-corrected chi connectivity index (χ4v) is 4.11. The van der Waals surface area contributed by atoms with Crippen molar-refractivity contribution in [1.29, 1.82) is 0 Å². The van der Waals surface area contributed by atoms with Gasteiger partial charge in [0.1, 0.15) is 9.88 Å². The maximum absolute atomic E-state index is 12.5. The molecule has 3 rings (SSSR count). The van der Waals surface area contributed by atoms with E-state index in [9.17, 15) is 4.79 Å². The van der Waals surface area contributed by atoms with Gasteiger partial charge in [-0.2, -0.15) is 0 Å². The Morgan fingerprint density at radius 1 is 1.16 bits per heavy atom. The van der Waals surface area contributed by atoms with E-state index in [0.29, 0.717) is 37.7 Å². The number of halogens is 2. The number of pyridine rings is 1. The summed E-state index contributed by atoms with van der Waals surface area (Å²) in [6, 6.07) is 9.16. The lowest BCUT2D eigenvalue weighted by Crippen LogP contribution is -2.25. The first kappa shape index (κ1) is 17.9. The number of amides is 1. The summed E-state index contributed by atoms with van der Waals surface area (Å²) in [7, 11) is 0. The van der Waals surface area contributed by atoms with Crippen molar-refractivity contribution >= 4 is 40.4 Å². The third-order valence-electron chi connectivity index (χ3n) is 3.63. The minimum Gasteiger partial charge on any atom is -0.351 e. The van der Waals surface area contributed by atoms with Crippen LogP contribution in [0.3, 0.4) is 0 Å². The molecule has 0 fully saturated rings. The molecule has 2 heterocycles. The van der Waals surface area contributed by atoms with Crippen LogP contribution in [0.25, 0.3) is 10.6 Å². The topological polar surface area (TPSA) is 54.9 Å². The number of aromatic nitrogens is 2. The van der Waals surface area contributed by atoms with Crippen molar-refractivity contribution < 1.29 is 4.79 Å². The molecule has 1 amide bonds. The molecule has 0 unspecified atom stereocenters. The van der Waals surface area contributed by atoms with Gasteiger partial charge < -0.3 is 5.32 Å². The fourth-order valence-electron chi connectivity index (χ4n) is 2.37. The summed E-state index contributed by atoms with van der Waals surface area (Å²) in [6.45, 7) is 2.35. The number of hydrogen-bond donors (Lipinski definition) is 1. The number of thiazole rings is 1. The van der Waals surface area contributed by atoms with Crippen LogP contribution in [0.15, 0.2) is 42.7 Å². The van der Waals surface area contributed by atoms with Crippen molar-refractivity contribution in [1.82, 2.24) is 15.3 Å². The number of nitrogens with zero attached hydrogens (tertiary/aromatic N) is 2. The zero-order valence-electron chi connectivity index (χ0n) is 13.4. The largest absolute Gasteiger partial charge is 0.351 e. The quantitative estimate of drug-likeness (QED) is 0.679. The summed E-state index contributed by atoms with van der Waals surface area (Å²) >= 11 is 13.8. The van der Waals surface area contributed by atoms with Gasteiger partial charge in [0, 0.05) is 24.5 Å². The van der Waals surface area contributed by atoms with Gasteiger partial charge in [-0.25, -0.2) is 4.98 Å². The Morgan fingerprint density at radius 3 is 2.52 bits per heavy atom. The van der Waals surface area contributed by atoms with E-state index in [2.05, 4.69) is 15.3 Å². The first-order valence-electron chi connectivity index (χ1n) is 7.65. The molecule has 2 aromatic heterocycles. The molecule has 0 spiro atoms. The molecule has 0 aliphatic heterocycles. The number of benzene rings is 1. The first-order chi connectivity index (χ1) is 12.1. The molecule has 0 aliphatic carbocycles. The Morgan fingerprint density at radius 2 is 1.84 bits per heavy atom. The van der Waals surface area contributed by atoms with Crippen molar-refractivity contribution in [3.63, 3.8) is 0 Å². The second kappa shape index (κ2) is 7.95. The van der Waals surface area contributed by atoms with Gasteiger partial charge in [0.05, 0.1) is 15.7 Å². The Hall–Kier alpha value is -1.95. The number of hydrogen-bond acceptors (Lipinski definition) is 4. The fraction of sp³-hybridized carbons (Fsp3) is 0.167. The van der Waals surface area contributed by atoms with Gasteiger partial charge in [-0.05, 0) is 43.2 Å². The lowest BCUT2D eigenvalue weighted by atomic mass is 10.2. The van der Waals surface area contributed by atoms with Crippen molar-refractivity contribution in [2.75, 3.05) is 6.54 Å². The highest BCUT2D eigenvalue weighted by molar-refractivity contribution is 7.17. The van der Waals surface area contributed by atoms with E-state index in [0.717, 1.165) is 12.0 Å². The number of rotatable bonds is 5. The zero-order valence-corrected chi connectivity index (χ0v) is 15.8. The molecule has 0 radical (unpaired) electrons. The Kier molecular flexibility index (Phi) is 5.68. The number of aryl methyl sites for hydroxylation is 1. The summed E-state index contributed by atoms with van der Waals surface area (Å²) in [5.41, 5.74) is 2.45. The molecule has 4 nitrogen and oxygen atoms in total. The Labute approximate surface area is 159 Å². The van der Waals surface area contributed by atoms with Gasteiger partial charge in [0.15, 0.2) is 0 Å². The highest BCUT2D eigenvalue weighted by Crippen LogP contribution is 2.37. The zero-order chi connectivity index (χ0) is 17.8. The van der Waals surface area contributed by atoms with E-state index < -0.39 is 0 Å². The van der Waals surface area contributed by atoms with Gasteiger partial charge in [0.2, 0.25) is 0 Å². The molecule has 3 aromatic rings. The molecule has 0 bridgehead atoms. The minimum absolute atomic E-state index is 0.140. The Bertz CT molecular complexity index is 876. The summed E-state index contributed by atoms with van der Waals surface area (Å²) in [6.07, 6.45) is 4.23. The van der Waals surface area contributed by atoms with Crippen LogP contribution in [-0.2, 0) is 6.42 Å². The van der Waals surface area contributed by atoms with Gasteiger partial charge in [0.25, 0.3) is 5.91 Å². The van der Waals surface area contributed by atoms with Crippen LogP contribution in [0.1, 0.15) is 20.9 Å². The summed E-state index contributed by atoms with van der Waals surface area (Å²) < 4.78 is 0. The maximum Gasteiger partial charge on any atom is 0.263 e. The molecule has 0 saturated heterocycles. The van der Waals surface area contributed by atoms with E-state index in [1.807, 2.05) is 19.1 Å². The smallest absolute Gasteiger partial charge is 0.263 e. The van der Waals surface area contributed by atoms with Gasteiger partial charge >= 0.3 is 0 Å². The molecule has 25 heavy (non-hydrogen) atoms. The SMILES string of the molecule is Cc1nc(-c2c(Cl)cccc2Cl)sc1C(=O)NCCc1ccncc1. The van der Waals surface area contributed by atoms with Crippen molar-refractivity contribution in [2.24, 2.45) is 0 Å². The van der Waals surface area contributed by atoms with Crippen LogP contribution in [0.5, 0.6) is 0 Å². The molecule has 1 aromatic carbocycles. The standard InChI is InChI=1S/C18H15Cl2N3OS/c1-11-16(17(24)22-10-7-12-5-8-21-9-6-12)25-18(23-11)15-13(19)3-2-4-14(15)20/h2-6,8-9H,7,10H2,1H3,(H,22,24). The summed E-state index contributed by atoms with van der Waals surface area (Å²) in [5, 5.41) is 4.61. The summed E-state index contributed by atoms with van der Waals surface area (Å²) in [5.74, 6) is -0.140. The third kappa shape index (κ3) is 4.18. The molecule has 128 valence electrons. The average molecular weight is 392 g/mol. The van der Waals surface area contributed by atoms with Crippen LogP contribution in [0, 0.1) is 6.92 Å². The predicted octanol–water partition coefficient (Wildman–Crippen LogP) is 4.79. The van der Waals surface area contributed by atoms with Gasteiger partial charge in [-0.15, -0.1) is 11.3 Å². The van der Waals surface area contributed by atoms with E-state index in [-0.39, 0.29) is 5.91 Å². The van der Waals surface area contributed by atoms with E-state index in [1.165, 1.54) is 11.3 Å². The molecule has 1 N–H and O–H groups in total. The van der Waals surface area contributed by atoms with Crippen molar-refractivity contribution in [2.45, 2.75) is 13.3 Å². The predicted molar refractivity (Wildman–Crippen MR) is 103 cm³/mol. The Balaban J connectivity index is 1.73. The van der Waals surface area contributed by atoms with E-state index in [4.69, 9.17) is 23.2 Å². The van der Waals surface area contributed by atoms with E-state index in [1.54, 1.807) is 30.6 Å². The molecule has 0 saturated carbocycles. The van der Waals surface area contributed by atoms with Crippen LogP contribution in [0.4, 0.5) is 0 Å². The highest BCUT2D eigenvalue weighted by atomic mass is 35.5. The van der Waals surface area contributed by atoms with Crippen LogP contribution in [-0.4, -0.2) is 22.4 Å². The first-order valence-corrected chi connectivity index (χ1v) is 9.22. The number of carbonyl (C=O) groups is 1. The monoisotopic (exact) mass is 391 g/mol. The second-order valence-corrected chi connectivity index (χ2v) is 7.21. The third-order valence-corrected chi connectivity index (χ3v) is 5.43.